The van der Waals surface area contributed by atoms with Crippen molar-refractivity contribution in [2.75, 3.05) is 11.9 Å². The predicted octanol–water partition coefficient (Wildman–Crippen LogP) is 5.85. The maximum absolute atomic E-state index is 11.0. The standard InChI is InChI=1S/C25H21N5O2S2/c31-30(32)18-9-10-20-21(14-18)33-24(28-20)26-12-11-15-5-7-17(8-6-15)27-25-29-23-19-4-2-1-3-16(19)13-22(23)34-25/h1-10,14,22-23H,11-13H2,(H,26,28)(H,27,29)/t22?,23-/m0/s1. The van der Waals surface area contributed by atoms with Crippen molar-refractivity contribution in [3.63, 3.8) is 0 Å². The molecule has 34 heavy (non-hydrogen) atoms. The summed E-state index contributed by atoms with van der Waals surface area (Å²) >= 11 is 3.27. The maximum Gasteiger partial charge on any atom is 0.270 e. The molecule has 0 amide bonds. The number of hydrogen-bond donors (Lipinski definition) is 2. The fourth-order valence-electron chi connectivity index (χ4n) is 4.48. The molecule has 6 rings (SSSR count). The number of nitro groups is 1. The van der Waals surface area contributed by atoms with Gasteiger partial charge in [0.2, 0.25) is 0 Å². The number of aliphatic imine (C=N–C) groups is 1. The van der Waals surface area contributed by atoms with Gasteiger partial charge in [-0.05, 0) is 47.7 Å². The number of rotatable bonds is 6. The van der Waals surface area contributed by atoms with Crippen molar-refractivity contribution in [2.24, 2.45) is 4.99 Å². The van der Waals surface area contributed by atoms with Gasteiger partial charge in [-0.3, -0.25) is 10.1 Å². The molecule has 0 radical (unpaired) electrons. The van der Waals surface area contributed by atoms with Crippen LogP contribution in [0.4, 0.5) is 16.5 Å². The van der Waals surface area contributed by atoms with Crippen LogP contribution < -0.4 is 10.6 Å². The summed E-state index contributed by atoms with van der Waals surface area (Å²) in [5.74, 6) is 0. The highest BCUT2D eigenvalue weighted by Gasteiger charge is 2.39. The van der Waals surface area contributed by atoms with Gasteiger partial charge in [-0.1, -0.05) is 59.5 Å². The smallest absolute Gasteiger partial charge is 0.270 e. The van der Waals surface area contributed by atoms with E-state index in [4.69, 9.17) is 4.99 Å². The lowest BCUT2D eigenvalue weighted by Gasteiger charge is -2.09. The highest BCUT2D eigenvalue weighted by atomic mass is 32.2. The summed E-state index contributed by atoms with van der Waals surface area (Å²) in [6.07, 6.45) is 1.94. The number of aromatic nitrogens is 1. The average Bonchev–Trinajstić information content (AvgIpc) is 3.51. The summed E-state index contributed by atoms with van der Waals surface area (Å²) in [6, 6.07) is 22.1. The van der Waals surface area contributed by atoms with Crippen LogP contribution in [0.5, 0.6) is 0 Å². The fourth-order valence-corrected chi connectivity index (χ4v) is 6.66. The van der Waals surface area contributed by atoms with E-state index >= 15 is 0 Å². The largest absolute Gasteiger partial charge is 0.361 e. The van der Waals surface area contributed by atoms with Crippen LogP contribution in [-0.2, 0) is 12.8 Å². The molecule has 1 saturated heterocycles. The van der Waals surface area contributed by atoms with E-state index in [1.807, 2.05) is 11.8 Å². The van der Waals surface area contributed by atoms with Crippen LogP contribution in [0.25, 0.3) is 10.2 Å². The molecule has 2 N–H and O–H groups in total. The van der Waals surface area contributed by atoms with Crippen LogP contribution in [0.15, 0.2) is 71.7 Å². The number of nitro benzene ring substituents is 1. The number of benzene rings is 3. The van der Waals surface area contributed by atoms with Crippen LogP contribution in [0, 0.1) is 10.1 Å². The lowest BCUT2D eigenvalue weighted by molar-refractivity contribution is -0.384. The second-order valence-electron chi connectivity index (χ2n) is 8.37. The van der Waals surface area contributed by atoms with Crippen LogP contribution in [0.1, 0.15) is 22.7 Å². The van der Waals surface area contributed by atoms with Crippen molar-refractivity contribution in [3.8, 4) is 0 Å². The molecule has 1 fully saturated rings. The number of nitrogens with one attached hydrogen (secondary N) is 2. The van der Waals surface area contributed by atoms with Gasteiger partial charge in [-0.2, -0.15) is 0 Å². The zero-order chi connectivity index (χ0) is 23.1. The maximum atomic E-state index is 11.0. The average molecular weight is 488 g/mol. The van der Waals surface area contributed by atoms with Gasteiger partial charge in [0.1, 0.15) is 0 Å². The molecular formula is C25H21N5O2S2. The summed E-state index contributed by atoms with van der Waals surface area (Å²) in [4.78, 5) is 19.9. The number of thioether (sulfide) groups is 1. The van der Waals surface area contributed by atoms with E-state index in [-0.39, 0.29) is 10.6 Å². The van der Waals surface area contributed by atoms with E-state index in [0.717, 1.165) is 45.6 Å². The Morgan fingerprint density at radius 1 is 1.15 bits per heavy atom. The first kappa shape index (κ1) is 21.1. The van der Waals surface area contributed by atoms with Gasteiger partial charge in [0.25, 0.3) is 5.69 Å². The van der Waals surface area contributed by atoms with Gasteiger partial charge in [0.05, 0.1) is 26.9 Å². The van der Waals surface area contributed by atoms with Crippen molar-refractivity contribution in [1.29, 1.82) is 0 Å². The van der Waals surface area contributed by atoms with E-state index in [2.05, 4.69) is 64.1 Å². The second kappa shape index (κ2) is 8.73. The summed E-state index contributed by atoms with van der Waals surface area (Å²) < 4.78 is 0.811. The lowest BCUT2D eigenvalue weighted by atomic mass is 10.1. The quantitative estimate of drug-likeness (QED) is 0.262. The van der Waals surface area contributed by atoms with E-state index in [1.54, 1.807) is 12.1 Å². The number of hydrogen-bond acceptors (Lipinski definition) is 7. The van der Waals surface area contributed by atoms with Crippen molar-refractivity contribution < 1.29 is 4.92 Å². The normalized spacial score (nSPS) is 19.7. The van der Waals surface area contributed by atoms with Crippen LogP contribution in [0.3, 0.4) is 0 Å². The molecule has 2 aliphatic rings. The molecule has 1 unspecified atom stereocenters. The molecule has 4 aromatic rings. The highest BCUT2D eigenvalue weighted by molar-refractivity contribution is 8.14. The molecule has 0 saturated carbocycles. The van der Waals surface area contributed by atoms with Gasteiger partial charge < -0.3 is 10.6 Å². The van der Waals surface area contributed by atoms with Gasteiger partial charge in [0.15, 0.2) is 10.3 Å². The minimum Gasteiger partial charge on any atom is -0.361 e. The summed E-state index contributed by atoms with van der Waals surface area (Å²) in [5.41, 5.74) is 5.87. The molecule has 1 aliphatic carbocycles. The molecule has 0 bridgehead atoms. The van der Waals surface area contributed by atoms with Crippen molar-refractivity contribution in [2.45, 2.75) is 24.1 Å². The minimum atomic E-state index is -0.382. The molecular weight excluding hydrogens is 466 g/mol. The van der Waals surface area contributed by atoms with Gasteiger partial charge >= 0.3 is 0 Å². The molecule has 2 atom stereocenters. The van der Waals surface area contributed by atoms with E-state index < -0.39 is 0 Å². The van der Waals surface area contributed by atoms with E-state index in [1.165, 1.54) is 34.1 Å². The van der Waals surface area contributed by atoms with Crippen molar-refractivity contribution >= 4 is 55.0 Å². The monoisotopic (exact) mass is 487 g/mol. The molecule has 1 aromatic heterocycles. The number of nitrogens with zero attached hydrogens (tertiary/aromatic N) is 3. The van der Waals surface area contributed by atoms with Gasteiger partial charge in [0, 0.05) is 23.9 Å². The number of thiazole rings is 1. The fraction of sp³-hybridized carbons (Fsp3) is 0.200. The molecule has 3 aromatic carbocycles. The molecule has 7 nitrogen and oxygen atoms in total. The van der Waals surface area contributed by atoms with E-state index in [0.29, 0.717) is 11.3 Å². The third-order valence-corrected chi connectivity index (χ3v) is 8.31. The SMILES string of the molecule is O=[N+]([O-])c1ccc2nc(NCCc3ccc(/N=C4/N[C@H]5c6ccccc6CC5S4)cc3)sc2c1. The highest BCUT2D eigenvalue weighted by Crippen LogP contribution is 2.43. The Labute approximate surface area is 204 Å². The van der Waals surface area contributed by atoms with Gasteiger partial charge in [-0.15, -0.1) is 0 Å². The topological polar surface area (TPSA) is 92.5 Å². The Kier molecular flexibility index (Phi) is 5.43. The van der Waals surface area contributed by atoms with Crippen molar-refractivity contribution in [3.05, 3.63) is 93.5 Å². The minimum absolute atomic E-state index is 0.0885. The van der Waals surface area contributed by atoms with Crippen molar-refractivity contribution in [1.82, 2.24) is 10.3 Å². The summed E-state index contributed by atoms with van der Waals surface area (Å²) in [5, 5.41) is 20.2. The third-order valence-electron chi connectivity index (χ3n) is 6.16. The van der Waals surface area contributed by atoms with Gasteiger partial charge in [-0.25, -0.2) is 9.98 Å². The Hall–Kier alpha value is -3.43. The molecule has 9 heteroatoms. The number of fused-ring (bicyclic) bond motifs is 4. The number of amidine groups is 1. The summed E-state index contributed by atoms with van der Waals surface area (Å²) in [7, 11) is 0. The van der Waals surface area contributed by atoms with Crippen LogP contribution in [0.2, 0.25) is 0 Å². The summed E-state index contributed by atoms with van der Waals surface area (Å²) in [6.45, 7) is 0.732. The Morgan fingerprint density at radius 3 is 2.85 bits per heavy atom. The Bertz CT molecular complexity index is 1420. The first-order chi connectivity index (χ1) is 16.6. The number of anilines is 1. The Balaban J connectivity index is 1.05. The third kappa shape index (κ3) is 4.12. The first-order valence-corrected chi connectivity index (χ1v) is 12.8. The zero-order valence-electron chi connectivity index (χ0n) is 18.1. The lowest BCUT2D eigenvalue weighted by Crippen LogP contribution is -2.19. The molecule has 1 aliphatic heterocycles. The predicted molar refractivity (Wildman–Crippen MR) is 139 cm³/mol. The number of non-ortho nitro benzene ring substituents is 1. The second-order valence-corrected chi connectivity index (χ2v) is 10.6. The van der Waals surface area contributed by atoms with Crippen LogP contribution in [-0.4, -0.2) is 26.9 Å². The molecule has 2 heterocycles. The molecule has 0 spiro atoms. The molecule has 170 valence electrons. The zero-order valence-corrected chi connectivity index (χ0v) is 19.7. The Morgan fingerprint density at radius 2 is 2.00 bits per heavy atom. The first-order valence-electron chi connectivity index (χ1n) is 11.1. The van der Waals surface area contributed by atoms with E-state index in [9.17, 15) is 10.1 Å². The van der Waals surface area contributed by atoms with Crippen LogP contribution >= 0.6 is 23.1 Å².